The van der Waals surface area contributed by atoms with Crippen molar-refractivity contribution in [2.24, 2.45) is 0 Å². The van der Waals surface area contributed by atoms with Crippen molar-refractivity contribution in [1.29, 1.82) is 0 Å². The standard InChI is InChI=1S/C24H18N2O6/c1-12-4-9-17-16(10-12)21(27)19-20(14-5-7-15(8-6-14)24(29)30-3)26(23(28)22(19)31-17)18-11-13(2)32-25-18/h4-11,20H,1-3H3/t20-/m0/s1. The minimum atomic E-state index is -0.796. The third-order valence-electron chi connectivity index (χ3n) is 5.54. The maximum Gasteiger partial charge on any atom is 0.337 e. The lowest BCUT2D eigenvalue weighted by molar-refractivity contribution is 0.0600. The van der Waals surface area contributed by atoms with Gasteiger partial charge in [0.15, 0.2) is 11.2 Å². The Hall–Kier alpha value is -4.20. The number of ether oxygens (including phenoxy) is 1. The van der Waals surface area contributed by atoms with Crippen LogP contribution in [0.4, 0.5) is 5.82 Å². The first kappa shape index (κ1) is 19.7. The van der Waals surface area contributed by atoms with Gasteiger partial charge in [-0.2, -0.15) is 0 Å². The number of hydrogen-bond acceptors (Lipinski definition) is 7. The van der Waals surface area contributed by atoms with E-state index >= 15 is 0 Å². The lowest BCUT2D eigenvalue weighted by Gasteiger charge is -2.22. The second kappa shape index (κ2) is 7.19. The van der Waals surface area contributed by atoms with E-state index in [1.807, 2.05) is 13.0 Å². The van der Waals surface area contributed by atoms with Crippen molar-refractivity contribution < 1.29 is 23.3 Å². The minimum absolute atomic E-state index is 0.0333. The van der Waals surface area contributed by atoms with Gasteiger partial charge in [-0.25, -0.2) is 4.79 Å². The van der Waals surface area contributed by atoms with Crippen LogP contribution in [0.15, 0.2) is 62.3 Å². The Balaban J connectivity index is 1.76. The van der Waals surface area contributed by atoms with Crippen LogP contribution in [0.25, 0.3) is 11.0 Å². The Morgan fingerprint density at radius 2 is 1.81 bits per heavy atom. The van der Waals surface area contributed by atoms with Crippen LogP contribution in [0.1, 0.15) is 49.4 Å². The number of carbonyl (C=O) groups is 2. The van der Waals surface area contributed by atoms with E-state index in [1.165, 1.54) is 12.0 Å². The number of carbonyl (C=O) groups excluding carboxylic acids is 2. The van der Waals surface area contributed by atoms with Gasteiger partial charge in [-0.3, -0.25) is 14.5 Å². The van der Waals surface area contributed by atoms with Crippen LogP contribution in [0.3, 0.4) is 0 Å². The number of fused-ring (bicyclic) bond motifs is 2. The zero-order valence-electron chi connectivity index (χ0n) is 17.5. The molecule has 1 aliphatic rings. The van der Waals surface area contributed by atoms with E-state index in [1.54, 1.807) is 49.4 Å². The number of aryl methyl sites for hydroxylation is 2. The topological polar surface area (TPSA) is 103 Å². The van der Waals surface area contributed by atoms with Crippen molar-refractivity contribution in [3.63, 3.8) is 0 Å². The molecule has 3 heterocycles. The zero-order chi connectivity index (χ0) is 22.6. The number of benzene rings is 2. The summed E-state index contributed by atoms with van der Waals surface area (Å²) in [5.74, 6) is -0.224. The van der Waals surface area contributed by atoms with Crippen LogP contribution in [-0.4, -0.2) is 24.1 Å². The van der Waals surface area contributed by atoms with E-state index in [0.29, 0.717) is 27.9 Å². The number of methoxy groups -OCH3 is 1. The van der Waals surface area contributed by atoms with Crippen LogP contribution in [0, 0.1) is 13.8 Å². The summed E-state index contributed by atoms with van der Waals surface area (Å²) >= 11 is 0. The molecule has 160 valence electrons. The number of hydrogen-bond donors (Lipinski definition) is 0. The molecule has 5 rings (SSSR count). The summed E-state index contributed by atoms with van der Waals surface area (Å²) in [6.45, 7) is 3.59. The molecule has 0 unspecified atom stereocenters. The highest BCUT2D eigenvalue weighted by atomic mass is 16.5. The first-order valence-corrected chi connectivity index (χ1v) is 9.91. The highest BCUT2D eigenvalue weighted by Crippen LogP contribution is 2.41. The molecular formula is C24H18N2O6. The molecule has 0 bridgehead atoms. The molecule has 0 fully saturated rings. The average Bonchev–Trinajstić information content (AvgIpc) is 3.35. The van der Waals surface area contributed by atoms with Crippen LogP contribution in [0.5, 0.6) is 0 Å². The third-order valence-corrected chi connectivity index (χ3v) is 5.54. The van der Waals surface area contributed by atoms with Crippen molar-refractivity contribution in [3.8, 4) is 0 Å². The average molecular weight is 430 g/mol. The molecule has 8 heteroatoms. The van der Waals surface area contributed by atoms with E-state index in [0.717, 1.165) is 5.56 Å². The molecule has 0 N–H and O–H groups in total. The van der Waals surface area contributed by atoms with E-state index < -0.39 is 17.9 Å². The second-order valence-corrected chi connectivity index (χ2v) is 7.66. The van der Waals surface area contributed by atoms with Gasteiger partial charge in [0.2, 0.25) is 5.76 Å². The van der Waals surface area contributed by atoms with E-state index in [2.05, 4.69) is 5.16 Å². The maximum absolute atomic E-state index is 13.5. The van der Waals surface area contributed by atoms with E-state index in [4.69, 9.17) is 13.7 Å². The lowest BCUT2D eigenvalue weighted by Crippen LogP contribution is -2.29. The van der Waals surface area contributed by atoms with Gasteiger partial charge in [-0.1, -0.05) is 28.9 Å². The Kier molecular flexibility index (Phi) is 4.44. The van der Waals surface area contributed by atoms with Gasteiger partial charge < -0.3 is 13.7 Å². The summed E-state index contributed by atoms with van der Waals surface area (Å²) in [4.78, 5) is 40.2. The number of rotatable bonds is 3. The number of anilines is 1. The molecule has 0 saturated heterocycles. The number of amides is 1. The number of esters is 1. The number of aromatic nitrogens is 1. The third kappa shape index (κ3) is 2.91. The van der Waals surface area contributed by atoms with Crippen molar-refractivity contribution in [2.75, 3.05) is 12.0 Å². The molecule has 8 nitrogen and oxygen atoms in total. The largest absolute Gasteiger partial charge is 0.465 e. The van der Waals surface area contributed by atoms with Crippen LogP contribution in [-0.2, 0) is 4.74 Å². The first-order valence-electron chi connectivity index (χ1n) is 9.91. The molecule has 4 aromatic rings. The first-order chi connectivity index (χ1) is 15.4. The summed E-state index contributed by atoms with van der Waals surface area (Å²) in [5.41, 5.74) is 2.14. The molecule has 1 atom stereocenters. The fourth-order valence-corrected chi connectivity index (χ4v) is 4.02. The summed E-state index contributed by atoms with van der Waals surface area (Å²) < 4.78 is 15.9. The molecule has 1 aliphatic heterocycles. The maximum atomic E-state index is 13.5. The Morgan fingerprint density at radius 3 is 2.47 bits per heavy atom. The van der Waals surface area contributed by atoms with Gasteiger partial charge >= 0.3 is 5.97 Å². The summed E-state index contributed by atoms with van der Waals surface area (Å²) in [6.07, 6.45) is 0. The van der Waals surface area contributed by atoms with Gasteiger partial charge in [0, 0.05) is 6.07 Å². The highest BCUT2D eigenvalue weighted by Gasteiger charge is 2.44. The molecule has 2 aromatic carbocycles. The van der Waals surface area contributed by atoms with E-state index in [-0.39, 0.29) is 22.6 Å². The lowest BCUT2D eigenvalue weighted by atomic mass is 9.97. The molecule has 1 amide bonds. The Labute approximate surface area is 182 Å². The molecule has 0 spiro atoms. The fourth-order valence-electron chi connectivity index (χ4n) is 4.02. The zero-order valence-corrected chi connectivity index (χ0v) is 17.5. The molecular weight excluding hydrogens is 412 g/mol. The molecule has 32 heavy (non-hydrogen) atoms. The molecule has 0 aliphatic carbocycles. The quantitative estimate of drug-likeness (QED) is 0.454. The van der Waals surface area contributed by atoms with Gasteiger partial charge in [0.25, 0.3) is 5.91 Å². The SMILES string of the molecule is COC(=O)c1ccc([C@H]2c3c(oc4ccc(C)cc4c3=O)C(=O)N2c2cc(C)on2)cc1. The monoisotopic (exact) mass is 430 g/mol. The van der Waals surface area contributed by atoms with Gasteiger partial charge in [-0.05, 0) is 43.7 Å². The van der Waals surface area contributed by atoms with Crippen molar-refractivity contribution in [1.82, 2.24) is 5.16 Å². The van der Waals surface area contributed by atoms with Gasteiger partial charge in [0.05, 0.1) is 29.7 Å². The normalized spacial score (nSPS) is 15.3. The van der Waals surface area contributed by atoms with Crippen LogP contribution >= 0.6 is 0 Å². The summed E-state index contributed by atoms with van der Waals surface area (Å²) in [6, 6.07) is 12.6. The van der Waals surface area contributed by atoms with E-state index in [9.17, 15) is 14.4 Å². The molecule has 2 aromatic heterocycles. The van der Waals surface area contributed by atoms with Crippen LogP contribution in [0.2, 0.25) is 0 Å². The van der Waals surface area contributed by atoms with Crippen LogP contribution < -0.4 is 10.3 Å². The van der Waals surface area contributed by atoms with Gasteiger partial charge in [0.1, 0.15) is 11.3 Å². The Bertz CT molecular complexity index is 1450. The Morgan fingerprint density at radius 1 is 1.06 bits per heavy atom. The summed E-state index contributed by atoms with van der Waals surface area (Å²) in [5, 5.41) is 4.39. The second-order valence-electron chi connectivity index (χ2n) is 7.66. The molecule has 0 radical (unpaired) electrons. The minimum Gasteiger partial charge on any atom is -0.465 e. The fraction of sp³-hybridized carbons (Fsp3) is 0.167. The summed E-state index contributed by atoms with van der Waals surface area (Å²) in [7, 11) is 1.30. The van der Waals surface area contributed by atoms with Crippen molar-refractivity contribution in [3.05, 3.63) is 92.5 Å². The van der Waals surface area contributed by atoms with Crippen molar-refractivity contribution in [2.45, 2.75) is 19.9 Å². The number of nitrogens with zero attached hydrogens (tertiary/aromatic N) is 2. The van der Waals surface area contributed by atoms with Crippen molar-refractivity contribution >= 4 is 28.7 Å². The smallest absolute Gasteiger partial charge is 0.337 e. The predicted octanol–water partition coefficient (Wildman–Crippen LogP) is 3.93. The highest BCUT2D eigenvalue weighted by molar-refractivity contribution is 6.10. The predicted molar refractivity (Wildman–Crippen MR) is 115 cm³/mol. The van der Waals surface area contributed by atoms with Gasteiger partial charge in [-0.15, -0.1) is 0 Å². The molecule has 0 saturated carbocycles.